The van der Waals surface area contributed by atoms with Crippen LogP contribution < -0.4 is 0 Å². The zero-order valence-corrected chi connectivity index (χ0v) is 16.1. The minimum atomic E-state index is 0.0717. The lowest BCUT2D eigenvalue weighted by atomic mass is 9.94. The van der Waals surface area contributed by atoms with Crippen molar-refractivity contribution in [2.24, 2.45) is 0 Å². The monoisotopic (exact) mass is 383 g/mol. The lowest BCUT2D eigenvalue weighted by molar-refractivity contribution is -0.114. The molecule has 5 nitrogen and oxygen atoms in total. The van der Waals surface area contributed by atoms with Crippen LogP contribution in [0.25, 0.3) is 28.4 Å². The molecule has 0 atom stereocenters. The number of amides is 1. The van der Waals surface area contributed by atoms with Gasteiger partial charge in [0.2, 0.25) is 0 Å². The molecule has 2 aromatic carbocycles. The van der Waals surface area contributed by atoms with Gasteiger partial charge < -0.3 is 4.90 Å². The first-order valence-corrected chi connectivity index (χ1v) is 10.1. The predicted molar refractivity (Wildman–Crippen MR) is 112 cm³/mol. The van der Waals surface area contributed by atoms with Crippen molar-refractivity contribution < 1.29 is 9.59 Å². The molecule has 3 aromatic rings. The highest BCUT2D eigenvalue weighted by Crippen LogP contribution is 2.26. The van der Waals surface area contributed by atoms with E-state index < -0.39 is 0 Å². The van der Waals surface area contributed by atoms with Gasteiger partial charge in [-0.2, -0.15) is 0 Å². The number of carbonyl (C=O) groups is 2. The molecule has 1 amide bonds. The number of fused-ring (bicyclic) bond motifs is 2. The molecule has 0 spiro atoms. The molecule has 1 aromatic heterocycles. The van der Waals surface area contributed by atoms with Gasteiger partial charge in [-0.25, -0.2) is 4.98 Å². The van der Waals surface area contributed by atoms with Crippen LogP contribution in [-0.4, -0.2) is 39.6 Å². The Labute approximate surface area is 169 Å². The first kappa shape index (κ1) is 17.7. The van der Waals surface area contributed by atoms with Crippen molar-refractivity contribution in [2.45, 2.75) is 25.7 Å². The standard InChI is InChI=1S/C24H21N3O2/c28-20-8-6-16-12-18(5-4-17(16)13-20)23-15-25-21-9-7-19(14-22(21)26-23)24(29)27-10-2-1-3-11-27/h4-9,12,14-15H,1-3,10-11,13H2. The number of hydrogen-bond donors (Lipinski definition) is 0. The second-order valence-corrected chi connectivity index (χ2v) is 7.70. The number of likely N-dealkylation sites (tertiary alicyclic amines) is 1. The van der Waals surface area contributed by atoms with E-state index in [-0.39, 0.29) is 11.7 Å². The summed E-state index contributed by atoms with van der Waals surface area (Å²) in [6.07, 6.45) is 9.01. The number of nitrogens with zero attached hydrogens (tertiary/aromatic N) is 3. The van der Waals surface area contributed by atoms with E-state index in [0.717, 1.165) is 53.8 Å². The lowest BCUT2D eigenvalue weighted by Gasteiger charge is -2.26. The molecule has 0 unspecified atom stereocenters. The molecule has 1 aliphatic heterocycles. The molecule has 29 heavy (non-hydrogen) atoms. The Kier molecular flexibility index (Phi) is 4.43. The van der Waals surface area contributed by atoms with Crippen LogP contribution in [0.3, 0.4) is 0 Å². The number of allylic oxidation sites excluding steroid dienone is 1. The molecular formula is C24H21N3O2. The maximum atomic E-state index is 12.8. The van der Waals surface area contributed by atoms with Crippen LogP contribution in [0.15, 0.2) is 48.7 Å². The summed E-state index contributed by atoms with van der Waals surface area (Å²) in [5.74, 6) is 0.198. The van der Waals surface area contributed by atoms with E-state index in [2.05, 4.69) is 4.98 Å². The Bertz CT molecular complexity index is 1160. The van der Waals surface area contributed by atoms with Crippen LogP contribution in [0.1, 0.15) is 40.7 Å². The van der Waals surface area contributed by atoms with Crippen molar-refractivity contribution in [2.75, 3.05) is 13.1 Å². The molecule has 144 valence electrons. The molecule has 2 aliphatic rings. The van der Waals surface area contributed by atoms with Crippen LogP contribution in [0.2, 0.25) is 0 Å². The number of benzene rings is 2. The quantitative estimate of drug-likeness (QED) is 0.669. The molecule has 0 radical (unpaired) electrons. The molecule has 2 heterocycles. The van der Waals surface area contributed by atoms with E-state index >= 15 is 0 Å². The summed E-state index contributed by atoms with van der Waals surface area (Å²) in [7, 11) is 0. The van der Waals surface area contributed by atoms with Gasteiger partial charge in [-0.1, -0.05) is 18.2 Å². The van der Waals surface area contributed by atoms with Gasteiger partial charge in [0, 0.05) is 30.6 Å². The van der Waals surface area contributed by atoms with E-state index in [9.17, 15) is 9.59 Å². The summed E-state index contributed by atoms with van der Waals surface area (Å²) < 4.78 is 0. The number of rotatable bonds is 2. The number of carbonyl (C=O) groups excluding carboxylic acids is 2. The average Bonchev–Trinajstić information content (AvgIpc) is 2.78. The fourth-order valence-electron chi connectivity index (χ4n) is 4.06. The SMILES string of the molecule is O=C1C=Cc2cc(-c3cnc4ccc(C(=O)N5CCCCC5)cc4n3)ccc2C1. The minimum absolute atomic E-state index is 0.0717. The van der Waals surface area contributed by atoms with Gasteiger partial charge in [-0.3, -0.25) is 14.6 Å². The van der Waals surface area contributed by atoms with Crippen molar-refractivity contribution in [1.82, 2.24) is 14.9 Å². The van der Waals surface area contributed by atoms with Crippen LogP contribution in [0, 0.1) is 0 Å². The topological polar surface area (TPSA) is 63.2 Å². The van der Waals surface area contributed by atoms with Crippen LogP contribution in [-0.2, 0) is 11.2 Å². The Morgan fingerprint density at radius 3 is 2.66 bits per heavy atom. The summed E-state index contributed by atoms with van der Waals surface area (Å²) in [5, 5.41) is 0. The molecule has 0 saturated carbocycles. The third-order valence-electron chi connectivity index (χ3n) is 5.69. The fourth-order valence-corrected chi connectivity index (χ4v) is 4.06. The van der Waals surface area contributed by atoms with Crippen LogP contribution in [0.5, 0.6) is 0 Å². The zero-order valence-electron chi connectivity index (χ0n) is 16.1. The summed E-state index contributed by atoms with van der Waals surface area (Å²) in [6.45, 7) is 1.65. The lowest BCUT2D eigenvalue weighted by Crippen LogP contribution is -2.35. The van der Waals surface area contributed by atoms with Gasteiger partial charge in [0.1, 0.15) is 0 Å². The second kappa shape index (κ2) is 7.24. The van der Waals surface area contributed by atoms with Gasteiger partial charge in [-0.15, -0.1) is 0 Å². The molecule has 1 fully saturated rings. The highest BCUT2D eigenvalue weighted by molar-refractivity contribution is 5.99. The summed E-state index contributed by atoms with van der Waals surface area (Å²) in [6, 6.07) is 11.5. The normalized spacial score (nSPS) is 16.1. The van der Waals surface area contributed by atoms with E-state index in [1.54, 1.807) is 12.3 Å². The molecule has 1 aliphatic carbocycles. The van der Waals surface area contributed by atoms with E-state index in [1.165, 1.54) is 6.42 Å². The van der Waals surface area contributed by atoms with Gasteiger partial charge in [-0.05, 0) is 60.7 Å². The van der Waals surface area contributed by atoms with Crippen molar-refractivity contribution in [3.05, 3.63) is 65.4 Å². The molecule has 0 bridgehead atoms. The maximum absolute atomic E-state index is 12.8. The smallest absolute Gasteiger partial charge is 0.253 e. The van der Waals surface area contributed by atoms with E-state index in [0.29, 0.717) is 17.5 Å². The second-order valence-electron chi connectivity index (χ2n) is 7.70. The zero-order chi connectivity index (χ0) is 19.8. The van der Waals surface area contributed by atoms with Gasteiger partial charge in [0.05, 0.1) is 22.9 Å². The Hall–Kier alpha value is -3.34. The third-order valence-corrected chi connectivity index (χ3v) is 5.69. The van der Waals surface area contributed by atoms with Gasteiger partial charge >= 0.3 is 0 Å². The van der Waals surface area contributed by atoms with Gasteiger partial charge in [0.15, 0.2) is 5.78 Å². The fraction of sp³-hybridized carbons (Fsp3) is 0.250. The highest BCUT2D eigenvalue weighted by Gasteiger charge is 2.19. The number of ketones is 1. The molecular weight excluding hydrogens is 362 g/mol. The maximum Gasteiger partial charge on any atom is 0.253 e. The molecule has 5 heteroatoms. The van der Waals surface area contributed by atoms with Gasteiger partial charge in [0.25, 0.3) is 5.91 Å². The molecule has 0 N–H and O–H groups in total. The first-order chi connectivity index (χ1) is 14.2. The van der Waals surface area contributed by atoms with Crippen molar-refractivity contribution in [3.8, 4) is 11.3 Å². The largest absolute Gasteiger partial charge is 0.339 e. The third kappa shape index (κ3) is 3.44. The highest BCUT2D eigenvalue weighted by atomic mass is 16.2. The number of aromatic nitrogens is 2. The van der Waals surface area contributed by atoms with Crippen molar-refractivity contribution >= 4 is 28.8 Å². The number of hydrogen-bond acceptors (Lipinski definition) is 4. The van der Waals surface area contributed by atoms with E-state index in [4.69, 9.17) is 4.98 Å². The molecule has 1 saturated heterocycles. The minimum Gasteiger partial charge on any atom is -0.339 e. The Balaban J connectivity index is 1.49. The van der Waals surface area contributed by atoms with Crippen LogP contribution >= 0.6 is 0 Å². The first-order valence-electron chi connectivity index (χ1n) is 10.1. The number of piperidine rings is 1. The summed E-state index contributed by atoms with van der Waals surface area (Å²) in [4.78, 5) is 35.7. The molecule has 5 rings (SSSR count). The Morgan fingerprint density at radius 2 is 1.79 bits per heavy atom. The van der Waals surface area contributed by atoms with Crippen molar-refractivity contribution in [3.63, 3.8) is 0 Å². The predicted octanol–water partition coefficient (Wildman–Crippen LogP) is 4.06. The van der Waals surface area contributed by atoms with E-state index in [1.807, 2.05) is 47.4 Å². The van der Waals surface area contributed by atoms with Crippen molar-refractivity contribution in [1.29, 1.82) is 0 Å². The van der Waals surface area contributed by atoms with Crippen LogP contribution in [0.4, 0.5) is 0 Å². The average molecular weight is 383 g/mol. The summed E-state index contributed by atoms with van der Waals surface area (Å²) >= 11 is 0. The summed E-state index contributed by atoms with van der Waals surface area (Å²) in [5.41, 5.74) is 5.93. The Morgan fingerprint density at radius 1 is 0.931 bits per heavy atom.